The Kier molecular flexibility index (Phi) is 5.87. The monoisotopic (exact) mass is 447 g/mol. The van der Waals surface area contributed by atoms with Crippen LogP contribution in [0.5, 0.6) is 5.88 Å². The standard InChI is InChI=1S/C24H25N5O2S/c1-31-23-11-17(8-9-25-23)28-22-12-20(27-16-7-6-15(10-16)14-30)18(13-26-22)24-29-19-4-2-3-5-21(19)32-24/h2-5,8-9,11-13,15-16,30H,6-7,10,14H2,1H3,(H2,25,26,27,28). The quantitative estimate of drug-likeness (QED) is 0.364. The first-order chi connectivity index (χ1) is 15.7. The molecule has 0 aliphatic heterocycles. The number of aliphatic hydroxyl groups excluding tert-OH is 1. The molecule has 0 radical (unpaired) electrons. The summed E-state index contributed by atoms with van der Waals surface area (Å²) in [6, 6.07) is 14.2. The van der Waals surface area contributed by atoms with E-state index in [4.69, 9.17) is 9.72 Å². The fourth-order valence-corrected chi connectivity index (χ4v) is 5.13. The highest BCUT2D eigenvalue weighted by molar-refractivity contribution is 7.21. The number of fused-ring (bicyclic) bond motifs is 1. The average Bonchev–Trinajstić information content (AvgIpc) is 3.46. The molecule has 32 heavy (non-hydrogen) atoms. The molecule has 3 heterocycles. The summed E-state index contributed by atoms with van der Waals surface area (Å²) in [6.45, 7) is 0.246. The number of nitrogens with zero attached hydrogens (tertiary/aromatic N) is 3. The average molecular weight is 448 g/mol. The molecule has 0 amide bonds. The van der Waals surface area contributed by atoms with E-state index in [2.05, 4.69) is 26.7 Å². The van der Waals surface area contributed by atoms with E-state index in [-0.39, 0.29) is 6.61 Å². The van der Waals surface area contributed by atoms with Gasteiger partial charge < -0.3 is 20.5 Å². The summed E-state index contributed by atoms with van der Waals surface area (Å²) < 4.78 is 6.37. The Morgan fingerprint density at radius 2 is 2.06 bits per heavy atom. The van der Waals surface area contributed by atoms with Crippen molar-refractivity contribution >= 4 is 38.7 Å². The highest BCUT2D eigenvalue weighted by Crippen LogP contribution is 2.37. The number of para-hydroxylation sites is 1. The van der Waals surface area contributed by atoms with Crippen molar-refractivity contribution in [2.24, 2.45) is 5.92 Å². The molecule has 1 aliphatic carbocycles. The Hall–Kier alpha value is -3.23. The molecule has 7 nitrogen and oxygen atoms in total. The van der Waals surface area contributed by atoms with Gasteiger partial charge in [0.25, 0.3) is 0 Å². The van der Waals surface area contributed by atoms with Crippen LogP contribution in [0, 0.1) is 5.92 Å². The predicted octanol–water partition coefficient (Wildman–Crippen LogP) is 5.08. The van der Waals surface area contributed by atoms with Crippen LogP contribution in [0.1, 0.15) is 19.3 Å². The molecular formula is C24H25N5O2S. The van der Waals surface area contributed by atoms with Gasteiger partial charge in [0.2, 0.25) is 5.88 Å². The van der Waals surface area contributed by atoms with Gasteiger partial charge in [-0.1, -0.05) is 12.1 Å². The SMILES string of the molecule is COc1cc(Nc2cc(NC3CCC(CO)C3)c(-c3nc4ccccc4s3)cn2)ccn1. The van der Waals surface area contributed by atoms with Crippen molar-refractivity contribution in [3.8, 4) is 16.5 Å². The van der Waals surface area contributed by atoms with E-state index in [1.807, 2.05) is 42.6 Å². The lowest BCUT2D eigenvalue weighted by Gasteiger charge is -2.18. The van der Waals surface area contributed by atoms with Crippen LogP contribution >= 0.6 is 11.3 Å². The Bertz CT molecular complexity index is 1190. The molecule has 164 valence electrons. The van der Waals surface area contributed by atoms with Crippen LogP contribution in [0.25, 0.3) is 20.8 Å². The van der Waals surface area contributed by atoms with Gasteiger partial charge in [-0.15, -0.1) is 11.3 Å². The highest BCUT2D eigenvalue weighted by Gasteiger charge is 2.25. The predicted molar refractivity (Wildman–Crippen MR) is 129 cm³/mol. The van der Waals surface area contributed by atoms with Crippen molar-refractivity contribution in [3.63, 3.8) is 0 Å². The van der Waals surface area contributed by atoms with Crippen LogP contribution in [-0.4, -0.2) is 39.8 Å². The Morgan fingerprint density at radius 3 is 2.88 bits per heavy atom. The first-order valence-corrected chi connectivity index (χ1v) is 11.5. The number of hydrogen-bond donors (Lipinski definition) is 3. The fraction of sp³-hybridized carbons (Fsp3) is 0.292. The summed E-state index contributed by atoms with van der Waals surface area (Å²) in [5.41, 5.74) is 3.82. The zero-order valence-electron chi connectivity index (χ0n) is 17.8. The van der Waals surface area contributed by atoms with Gasteiger partial charge in [-0.2, -0.15) is 0 Å². The zero-order chi connectivity index (χ0) is 21.9. The summed E-state index contributed by atoms with van der Waals surface area (Å²) in [6.07, 6.45) is 6.61. The van der Waals surface area contributed by atoms with Crippen molar-refractivity contribution in [3.05, 3.63) is 54.9 Å². The molecule has 2 unspecified atom stereocenters. The third kappa shape index (κ3) is 4.37. The van der Waals surface area contributed by atoms with Crippen LogP contribution in [0.2, 0.25) is 0 Å². The minimum Gasteiger partial charge on any atom is -0.481 e. The number of hydrogen-bond acceptors (Lipinski definition) is 8. The van der Waals surface area contributed by atoms with Gasteiger partial charge >= 0.3 is 0 Å². The number of pyridine rings is 2. The lowest BCUT2D eigenvalue weighted by Crippen LogP contribution is -2.17. The maximum Gasteiger partial charge on any atom is 0.214 e. The Morgan fingerprint density at radius 1 is 1.16 bits per heavy atom. The van der Waals surface area contributed by atoms with Crippen molar-refractivity contribution < 1.29 is 9.84 Å². The van der Waals surface area contributed by atoms with Gasteiger partial charge in [0.1, 0.15) is 10.8 Å². The number of thiazole rings is 1. The molecule has 1 aliphatic rings. The number of anilines is 3. The molecule has 1 fully saturated rings. The first kappa shape index (κ1) is 20.7. The van der Waals surface area contributed by atoms with Gasteiger partial charge in [0, 0.05) is 48.5 Å². The van der Waals surface area contributed by atoms with E-state index in [0.29, 0.717) is 17.8 Å². The maximum atomic E-state index is 9.54. The van der Waals surface area contributed by atoms with Crippen LogP contribution in [0.4, 0.5) is 17.2 Å². The molecule has 8 heteroatoms. The first-order valence-electron chi connectivity index (χ1n) is 10.7. The van der Waals surface area contributed by atoms with E-state index in [9.17, 15) is 5.11 Å². The summed E-state index contributed by atoms with van der Waals surface area (Å²) in [4.78, 5) is 13.6. The molecule has 1 aromatic carbocycles. The minimum absolute atomic E-state index is 0.246. The van der Waals surface area contributed by atoms with Crippen LogP contribution in [0.3, 0.4) is 0 Å². The number of methoxy groups -OCH3 is 1. The van der Waals surface area contributed by atoms with E-state index >= 15 is 0 Å². The molecular weight excluding hydrogens is 422 g/mol. The molecule has 2 atom stereocenters. The number of benzene rings is 1. The number of ether oxygens (including phenoxy) is 1. The molecule has 0 spiro atoms. The molecule has 4 aromatic rings. The van der Waals surface area contributed by atoms with Gasteiger partial charge in [0.05, 0.1) is 22.9 Å². The zero-order valence-corrected chi connectivity index (χ0v) is 18.6. The van der Waals surface area contributed by atoms with Gasteiger partial charge in [-0.05, 0) is 43.4 Å². The minimum atomic E-state index is 0.246. The second kappa shape index (κ2) is 9.10. The maximum absolute atomic E-state index is 9.54. The number of nitrogens with one attached hydrogen (secondary N) is 2. The molecule has 3 aromatic heterocycles. The Labute approximate surface area is 190 Å². The van der Waals surface area contributed by atoms with E-state index < -0.39 is 0 Å². The van der Waals surface area contributed by atoms with E-state index in [1.54, 1.807) is 24.6 Å². The van der Waals surface area contributed by atoms with Crippen LogP contribution in [0.15, 0.2) is 54.9 Å². The highest BCUT2D eigenvalue weighted by atomic mass is 32.1. The topological polar surface area (TPSA) is 92.2 Å². The second-order valence-corrected chi connectivity index (χ2v) is 9.05. The number of rotatable bonds is 7. The number of aliphatic hydroxyl groups is 1. The van der Waals surface area contributed by atoms with Crippen molar-refractivity contribution in [1.82, 2.24) is 15.0 Å². The number of aromatic nitrogens is 3. The van der Waals surface area contributed by atoms with Crippen molar-refractivity contribution in [2.45, 2.75) is 25.3 Å². The summed E-state index contributed by atoms with van der Waals surface area (Å²) in [5, 5.41) is 17.5. The molecule has 5 rings (SSSR count). The normalized spacial score (nSPS) is 18.1. The van der Waals surface area contributed by atoms with Gasteiger partial charge in [-0.25, -0.2) is 15.0 Å². The third-order valence-electron chi connectivity index (χ3n) is 5.80. The fourth-order valence-electron chi connectivity index (χ4n) is 4.14. The van der Waals surface area contributed by atoms with Gasteiger partial charge in [-0.3, -0.25) is 0 Å². The molecule has 0 saturated heterocycles. The van der Waals surface area contributed by atoms with Crippen LogP contribution in [-0.2, 0) is 0 Å². The molecule has 1 saturated carbocycles. The lowest BCUT2D eigenvalue weighted by molar-refractivity contribution is 0.229. The van der Waals surface area contributed by atoms with E-state index in [0.717, 1.165) is 57.2 Å². The smallest absolute Gasteiger partial charge is 0.214 e. The Balaban J connectivity index is 1.48. The largest absolute Gasteiger partial charge is 0.481 e. The summed E-state index contributed by atoms with van der Waals surface area (Å²) >= 11 is 1.67. The molecule has 0 bridgehead atoms. The van der Waals surface area contributed by atoms with Crippen molar-refractivity contribution in [1.29, 1.82) is 0 Å². The van der Waals surface area contributed by atoms with Gasteiger partial charge in [0.15, 0.2) is 0 Å². The third-order valence-corrected chi connectivity index (χ3v) is 6.87. The second-order valence-electron chi connectivity index (χ2n) is 8.02. The summed E-state index contributed by atoms with van der Waals surface area (Å²) in [7, 11) is 1.60. The molecule has 3 N–H and O–H groups in total. The summed E-state index contributed by atoms with van der Waals surface area (Å²) in [5.74, 6) is 1.63. The van der Waals surface area contributed by atoms with E-state index in [1.165, 1.54) is 0 Å². The van der Waals surface area contributed by atoms with Crippen LogP contribution < -0.4 is 15.4 Å². The lowest BCUT2D eigenvalue weighted by atomic mass is 10.1. The van der Waals surface area contributed by atoms with Crippen molar-refractivity contribution in [2.75, 3.05) is 24.4 Å².